The minimum atomic E-state index is -4.68. The predicted octanol–water partition coefficient (Wildman–Crippen LogP) is 0.904. The highest BCUT2D eigenvalue weighted by Gasteiger charge is 2.36. The fourth-order valence-electron chi connectivity index (χ4n) is 2.15. The number of alkyl halides is 3. The van der Waals surface area contributed by atoms with E-state index in [0.29, 0.717) is 25.5 Å². The van der Waals surface area contributed by atoms with Crippen molar-refractivity contribution in [1.29, 1.82) is 0 Å². The molecular formula is C11H14F3N3O3. The molecule has 1 saturated heterocycles. The molecule has 1 fully saturated rings. The van der Waals surface area contributed by atoms with Gasteiger partial charge in [0.1, 0.15) is 17.6 Å². The Hall–Kier alpha value is -1.61. The lowest BCUT2D eigenvalue weighted by Crippen LogP contribution is -2.30. The highest BCUT2D eigenvalue weighted by molar-refractivity contribution is 5.38. The average Bonchev–Trinajstić information content (AvgIpc) is 2.76. The molecule has 6 nitrogen and oxygen atoms in total. The molecule has 0 aliphatic carbocycles. The third kappa shape index (κ3) is 2.93. The van der Waals surface area contributed by atoms with Gasteiger partial charge in [0.05, 0.1) is 6.10 Å². The maximum Gasteiger partial charge on any atom is 0.421 e. The van der Waals surface area contributed by atoms with Gasteiger partial charge in [-0.2, -0.15) is 18.2 Å². The molecule has 0 spiro atoms. The van der Waals surface area contributed by atoms with Crippen LogP contribution in [0.25, 0.3) is 0 Å². The molecule has 0 amide bonds. The van der Waals surface area contributed by atoms with Crippen molar-refractivity contribution in [3.8, 4) is 0 Å². The summed E-state index contributed by atoms with van der Waals surface area (Å²) in [6.45, 7) is -0.0833. The van der Waals surface area contributed by atoms with Crippen LogP contribution in [0.2, 0.25) is 0 Å². The van der Waals surface area contributed by atoms with Gasteiger partial charge in [-0.05, 0) is 19.3 Å². The van der Waals surface area contributed by atoms with Gasteiger partial charge >= 0.3 is 11.9 Å². The topological polar surface area (TPSA) is 90.4 Å². The number of nitrogens with zero attached hydrogens (tertiary/aromatic N) is 2. The van der Waals surface area contributed by atoms with Gasteiger partial charge in [-0.15, -0.1) is 0 Å². The molecule has 0 bridgehead atoms. The molecule has 2 atom stereocenters. The van der Waals surface area contributed by atoms with Crippen molar-refractivity contribution in [1.82, 2.24) is 9.55 Å². The van der Waals surface area contributed by atoms with Gasteiger partial charge < -0.3 is 15.6 Å². The normalized spacial score (nSPS) is 23.2. The van der Waals surface area contributed by atoms with Crippen molar-refractivity contribution in [2.45, 2.75) is 37.8 Å². The molecule has 0 aromatic carbocycles. The second-order valence-electron chi connectivity index (χ2n) is 4.53. The standard InChI is InChI=1S/C11H14F3N3O3/c12-11(13,14)7-5-17(10(19)16-9(7)15)8-2-1-6(20-8)3-4-18/h5-6,8,18H,1-4H2,(H2,15,16,19). The summed E-state index contributed by atoms with van der Waals surface area (Å²) in [7, 11) is 0. The van der Waals surface area contributed by atoms with E-state index in [9.17, 15) is 18.0 Å². The van der Waals surface area contributed by atoms with E-state index < -0.39 is 29.5 Å². The van der Waals surface area contributed by atoms with Crippen LogP contribution < -0.4 is 11.4 Å². The molecule has 2 rings (SSSR count). The van der Waals surface area contributed by atoms with Crippen LogP contribution in [0.1, 0.15) is 31.1 Å². The summed E-state index contributed by atoms with van der Waals surface area (Å²) in [4.78, 5) is 14.8. The van der Waals surface area contributed by atoms with Crippen molar-refractivity contribution in [3.63, 3.8) is 0 Å². The molecule has 3 N–H and O–H groups in total. The zero-order valence-corrected chi connectivity index (χ0v) is 10.4. The maximum atomic E-state index is 12.7. The van der Waals surface area contributed by atoms with Gasteiger partial charge in [0.15, 0.2) is 0 Å². The van der Waals surface area contributed by atoms with E-state index in [1.54, 1.807) is 0 Å². The molecule has 20 heavy (non-hydrogen) atoms. The Balaban J connectivity index is 2.31. The van der Waals surface area contributed by atoms with Crippen molar-refractivity contribution in [3.05, 3.63) is 22.2 Å². The van der Waals surface area contributed by atoms with Gasteiger partial charge in [0.2, 0.25) is 0 Å². The summed E-state index contributed by atoms with van der Waals surface area (Å²) in [5.41, 5.74) is 3.09. The number of ether oxygens (including phenoxy) is 1. The van der Waals surface area contributed by atoms with Gasteiger partial charge in [-0.25, -0.2) is 4.79 Å². The number of halogens is 3. The minimum Gasteiger partial charge on any atom is -0.396 e. The van der Waals surface area contributed by atoms with Gasteiger partial charge in [-0.3, -0.25) is 4.57 Å². The van der Waals surface area contributed by atoms with E-state index in [-0.39, 0.29) is 12.7 Å². The fraction of sp³-hybridized carbons (Fsp3) is 0.636. The summed E-state index contributed by atoms with van der Waals surface area (Å²) in [6, 6.07) is 0. The average molecular weight is 293 g/mol. The molecule has 0 saturated carbocycles. The second-order valence-corrected chi connectivity index (χ2v) is 4.53. The Kier molecular flexibility index (Phi) is 4.00. The first kappa shape index (κ1) is 14.8. The van der Waals surface area contributed by atoms with Crippen LogP contribution in [0.4, 0.5) is 19.0 Å². The van der Waals surface area contributed by atoms with Crippen LogP contribution in [-0.2, 0) is 10.9 Å². The summed E-state index contributed by atoms with van der Waals surface area (Å²) < 4.78 is 44.4. The molecule has 1 aliphatic rings. The van der Waals surface area contributed by atoms with E-state index in [4.69, 9.17) is 15.6 Å². The van der Waals surface area contributed by atoms with Crippen LogP contribution in [0.3, 0.4) is 0 Å². The SMILES string of the molecule is Nc1nc(=O)n(C2CCC(CCO)O2)cc1C(F)(F)F. The van der Waals surface area contributed by atoms with Crippen molar-refractivity contribution in [2.75, 3.05) is 12.3 Å². The summed E-state index contributed by atoms with van der Waals surface area (Å²) in [5, 5.41) is 8.80. The van der Waals surface area contributed by atoms with Crippen molar-refractivity contribution < 1.29 is 23.0 Å². The Morgan fingerprint density at radius 3 is 2.80 bits per heavy atom. The zero-order valence-electron chi connectivity index (χ0n) is 10.4. The monoisotopic (exact) mass is 293 g/mol. The molecule has 9 heteroatoms. The number of hydrogen-bond donors (Lipinski definition) is 2. The Labute approximate surface area is 112 Å². The highest BCUT2D eigenvalue weighted by atomic mass is 19.4. The molecule has 0 radical (unpaired) electrons. The number of nitrogens with two attached hydrogens (primary N) is 1. The summed E-state index contributed by atoms with van der Waals surface area (Å²) in [6.07, 6.45) is -3.82. The van der Waals surface area contributed by atoms with Crippen molar-refractivity contribution in [2.24, 2.45) is 0 Å². The first-order valence-electron chi connectivity index (χ1n) is 6.05. The lowest BCUT2D eigenvalue weighted by atomic mass is 10.2. The number of aliphatic hydroxyl groups excluding tert-OH is 1. The number of hydrogen-bond acceptors (Lipinski definition) is 5. The molecule has 2 unspecified atom stereocenters. The molecule has 2 heterocycles. The van der Waals surface area contributed by atoms with Gasteiger partial charge in [0, 0.05) is 12.8 Å². The lowest BCUT2D eigenvalue weighted by molar-refractivity contribution is -0.138. The van der Waals surface area contributed by atoms with Crippen LogP contribution in [0.5, 0.6) is 0 Å². The largest absolute Gasteiger partial charge is 0.421 e. The summed E-state index contributed by atoms with van der Waals surface area (Å²) in [5.74, 6) is -0.844. The molecule has 1 aromatic heterocycles. The van der Waals surface area contributed by atoms with Crippen molar-refractivity contribution >= 4 is 5.82 Å². The quantitative estimate of drug-likeness (QED) is 0.864. The smallest absolute Gasteiger partial charge is 0.396 e. The number of rotatable bonds is 3. The Morgan fingerprint density at radius 2 is 2.20 bits per heavy atom. The van der Waals surface area contributed by atoms with Crippen LogP contribution in [0, 0.1) is 0 Å². The second kappa shape index (κ2) is 5.41. The molecular weight excluding hydrogens is 279 g/mol. The number of aliphatic hydroxyl groups is 1. The Morgan fingerprint density at radius 1 is 1.50 bits per heavy atom. The third-order valence-electron chi connectivity index (χ3n) is 3.13. The minimum absolute atomic E-state index is 0.0833. The first-order chi connectivity index (χ1) is 9.32. The van der Waals surface area contributed by atoms with E-state index in [2.05, 4.69) is 4.98 Å². The number of aromatic nitrogens is 2. The van der Waals surface area contributed by atoms with E-state index in [0.717, 1.165) is 4.57 Å². The predicted molar refractivity (Wildman–Crippen MR) is 62.8 cm³/mol. The molecule has 1 aliphatic heterocycles. The zero-order chi connectivity index (χ0) is 14.9. The maximum absolute atomic E-state index is 12.7. The molecule has 1 aromatic rings. The van der Waals surface area contributed by atoms with Gasteiger partial charge in [0.25, 0.3) is 0 Å². The number of nitrogen functional groups attached to an aromatic ring is 1. The molecule has 112 valence electrons. The highest BCUT2D eigenvalue weighted by Crippen LogP contribution is 2.34. The van der Waals surface area contributed by atoms with E-state index in [1.165, 1.54) is 0 Å². The lowest BCUT2D eigenvalue weighted by Gasteiger charge is -2.17. The van der Waals surface area contributed by atoms with Crippen LogP contribution in [0.15, 0.2) is 11.0 Å². The Bertz CT molecular complexity index is 544. The van der Waals surface area contributed by atoms with Gasteiger partial charge in [-0.1, -0.05) is 0 Å². The van der Waals surface area contributed by atoms with E-state index >= 15 is 0 Å². The first-order valence-corrected chi connectivity index (χ1v) is 6.05. The summed E-state index contributed by atoms with van der Waals surface area (Å²) >= 11 is 0. The van der Waals surface area contributed by atoms with Crippen LogP contribution in [-0.4, -0.2) is 27.4 Å². The number of anilines is 1. The van der Waals surface area contributed by atoms with E-state index in [1.807, 2.05) is 0 Å². The van der Waals surface area contributed by atoms with Crippen LogP contribution >= 0.6 is 0 Å². The third-order valence-corrected chi connectivity index (χ3v) is 3.13. The fourth-order valence-corrected chi connectivity index (χ4v) is 2.15.